The number of fused-ring (bicyclic) bond motifs is 1. The van der Waals surface area contributed by atoms with Gasteiger partial charge in [-0.25, -0.2) is 9.78 Å². The van der Waals surface area contributed by atoms with Crippen LogP contribution in [0.25, 0.3) is 10.9 Å². The summed E-state index contributed by atoms with van der Waals surface area (Å²) in [6.45, 7) is 2.13. The molecule has 0 spiro atoms. The summed E-state index contributed by atoms with van der Waals surface area (Å²) in [4.78, 5) is 22.0. The van der Waals surface area contributed by atoms with Crippen LogP contribution >= 0.6 is 0 Å². The van der Waals surface area contributed by atoms with E-state index in [1.54, 1.807) is 19.2 Å². The lowest BCUT2D eigenvalue weighted by atomic mass is 10.2. The van der Waals surface area contributed by atoms with E-state index in [0.29, 0.717) is 12.2 Å². The maximum atomic E-state index is 11.6. The number of aromatic nitrogens is 2. The van der Waals surface area contributed by atoms with Gasteiger partial charge in [-0.1, -0.05) is 0 Å². The fourth-order valence-corrected chi connectivity index (χ4v) is 1.58. The number of nitrogens with zero attached hydrogens (tertiary/aromatic N) is 3. The Morgan fingerprint density at radius 1 is 1.28 bits per heavy atom. The zero-order valence-corrected chi connectivity index (χ0v) is 10.7. The molecule has 0 saturated heterocycles. The summed E-state index contributed by atoms with van der Waals surface area (Å²) in [6.07, 6.45) is 3.24. The van der Waals surface area contributed by atoms with Gasteiger partial charge in [0.05, 0.1) is 17.7 Å². The topological polar surface area (TPSA) is 55.3 Å². The molecule has 0 radical (unpaired) electrons. The van der Waals surface area contributed by atoms with Crippen LogP contribution in [-0.4, -0.2) is 36.6 Å². The number of hydrogen-bond donors (Lipinski definition) is 0. The van der Waals surface area contributed by atoms with E-state index in [2.05, 4.69) is 9.97 Å². The summed E-state index contributed by atoms with van der Waals surface area (Å²) < 4.78 is 4.93. The van der Waals surface area contributed by atoms with E-state index < -0.39 is 0 Å². The number of carbonyl (C=O) groups is 1. The van der Waals surface area contributed by atoms with Gasteiger partial charge in [0, 0.05) is 37.9 Å². The van der Waals surface area contributed by atoms with Crippen LogP contribution in [0.15, 0.2) is 24.5 Å². The van der Waals surface area contributed by atoms with Crippen molar-refractivity contribution in [2.75, 3.05) is 25.6 Å². The molecular formula is C13H15N3O2. The second kappa shape index (κ2) is 5.00. The highest BCUT2D eigenvalue weighted by Crippen LogP contribution is 2.17. The lowest BCUT2D eigenvalue weighted by Gasteiger charge is -2.11. The van der Waals surface area contributed by atoms with Crippen LogP contribution in [0.1, 0.15) is 17.3 Å². The van der Waals surface area contributed by atoms with Crippen LogP contribution in [-0.2, 0) is 4.74 Å². The molecule has 2 aromatic rings. The lowest BCUT2D eigenvalue weighted by molar-refractivity contribution is 0.0526. The SMILES string of the molecule is CCOC(=O)c1cnc2cc(N(C)C)ncc2c1. The summed E-state index contributed by atoms with van der Waals surface area (Å²) in [7, 11) is 3.84. The number of pyridine rings is 2. The Kier molecular flexibility index (Phi) is 3.41. The number of ether oxygens (including phenoxy) is 1. The fourth-order valence-electron chi connectivity index (χ4n) is 1.58. The van der Waals surface area contributed by atoms with Gasteiger partial charge in [0.1, 0.15) is 5.82 Å². The minimum atomic E-state index is -0.358. The van der Waals surface area contributed by atoms with Crippen molar-refractivity contribution in [1.29, 1.82) is 0 Å². The average molecular weight is 245 g/mol. The number of esters is 1. The number of anilines is 1. The van der Waals surface area contributed by atoms with E-state index in [1.165, 1.54) is 6.20 Å². The van der Waals surface area contributed by atoms with Gasteiger partial charge in [0.25, 0.3) is 0 Å². The summed E-state index contributed by atoms with van der Waals surface area (Å²) >= 11 is 0. The number of hydrogen-bond acceptors (Lipinski definition) is 5. The normalized spacial score (nSPS) is 10.4. The Labute approximate surface area is 105 Å². The quantitative estimate of drug-likeness (QED) is 0.773. The van der Waals surface area contributed by atoms with Crippen molar-refractivity contribution in [1.82, 2.24) is 9.97 Å². The summed E-state index contributed by atoms with van der Waals surface area (Å²) in [6, 6.07) is 3.62. The molecule has 0 bridgehead atoms. The highest BCUT2D eigenvalue weighted by Gasteiger charge is 2.08. The predicted molar refractivity (Wildman–Crippen MR) is 69.8 cm³/mol. The molecule has 5 heteroatoms. The van der Waals surface area contributed by atoms with Crippen molar-refractivity contribution in [3.8, 4) is 0 Å². The van der Waals surface area contributed by atoms with E-state index in [0.717, 1.165) is 16.7 Å². The summed E-state index contributed by atoms with van der Waals surface area (Å²) in [5.41, 5.74) is 1.26. The molecule has 0 aromatic carbocycles. The van der Waals surface area contributed by atoms with Crippen molar-refractivity contribution >= 4 is 22.7 Å². The second-order valence-electron chi connectivity index (χ2n) is 4.07. The van der Waals surface area contributed by atoms with Crippen LogP contribution < -0.4 is 4.90 Å². The highest BCUT2D eigenvalue weighted by atomic mass is 16.5. The molecule has 2 rings (SSSR count). The van der Waals surface area contributed by atoms with Gasteiger partial charge in [-0.15, -0.1) is 0 Å². The first kappa shape index (κ1) is 12.3. The molecule has 0 fully saturated rings. The molecule has 94 valence electrons. The minimum Gasteiger partial charge on any atom is -0.462 e. The monoisotopic (exact) mass is 245 g/mol. The zero-order chi connectivity index (χ0) is 13.1. The fraction of sp³-hybridized carbons (Fsp3) is 0.308. The van der Waals surface area contributed by atoms with Gasteiger partial charge in [-0.3, -0.25) is 4.98 Å². The molecule has 0 atom stereocenters. The van der Waals surface area contributed by atoms with Gasteiger partial charge in [0.15, 0.2) is 0 Å². The Bertz CT molecular complexity index is 581. The molecule has 5 nitrogen and oxygen atoms in total. The number of carbonyl (C=O) groups excluding carboxylic acids is 1. The Morgan fingerprint density at radius 2 is 2.06 bits per heavy atom. The molecule has 0 N–H and O–H groups in total. The van der Waals surface area contributed by atoms with Crippen molar-refractivity contribution in [3.05, 3.63) is 30.1 Å². The number of rotatable bonds is 3. The van der Waals surface area contributed by atoms with Crippen LogP contribution in [0.4, 0.5) is 5.82 Å². The maximum Gasteiger partial charge on any atom is 0.339 e. The third kappa shape index (κ3) is 2.40. The Balaban J connectivity index is 2.41. The van der Waals surface area contributed by atoms with Gasteiger partial charge in [0.2, 0.25) is 0 Å². The molecule has 2 aromatic heterocycles. The minimum absolute atomic E-state index is 0.356. The Hall–Kier alpha value is -2.17. The first-order valence-electron chi connectivity index (χ1n) is 5.72. The third-order valence-electron chi connectivity index (χ3n) is 2.52. The summed E-state index contributed by atoms with van der Waals surface area (Å²) in [5, 5.41) is 0.825. The van der Waals surface area contributed by atoms with Crippen LogP contribution in [0.2, 0.25) is 0 Å². The van der Waals surface area contributed by atoms with Gasteiger partial charge in [-0.2, -0.15) is 0 Å². The molecule has 0 aliphatic carbocycles. The smallest absolute Gasteiger partial charge is 0.339 e. The molecular weight excluding hydrogens is 230 g/mol. The third-order valence-corrected chi connectivity index (χ3v) is 2.52. The van der Waals surface area contributed by atoms with E-state index >= 15 is 0 Å². The first-order chi connectivity index (χ1) is 8.61. The standard InChI is InChI=1S/C13H15N3O2/c1-4-18-13(17)10-5-9-7-15-12(16(2)3)6-11(9)14-8-10/h5-8H,4H2,1-3H3. The van der Waals surface area contributed by atoms with Crippen molar-refractivity contribution in [2.24, 2.45) is 0 Å². The van der Waals surface area contributed by atoms with Crippen LogP contribution in [0.3, 0.4) is 0 Å². The predicted octanol–water partition coefficient (Wildman–Crippen LogP) is 1.87. The largest absolute Gasteiger partial charge is 0.462 e. The van der Waals surface area contributed by atoms with Crippen LogP contribution in [0, 0.1) is 0 Å². The van der Waals surface area contributed by atoms with E-state index in [9.17, 15) is 4.79 Å². The second-order valence-corrected chi connectivity index (χ2v) is 4.07. The Morgan fingerprint density at radius 3 is 2.72 bits per heavy atom. The van der Waals surface area contributed by atoms with Crippen LogP contribution in [0.5, 0.6) is 0 Å². The van der Waals surface area contributed by atoms with E-state index in [1.807, 2.05) is 25.1 Å². The van der Waals surface area contributed by atoms with Crippen molar-refractivity contribution in [2.45, 2.75) is 6.92 Å². The van der Waals surface area contributed by atoms with Gasteiger partial charge < -0.3 is 9.64 Å². The molecule has 0 aliphatic heterocycles. The van der Waals surface area contributed by atoms with Gasteiger partial charge in [-0.05, 0) is 13.0 Å². The van der Waals surface area contributed by atoms with Crippen molar-refractivity contribution in [3.63, 3.8) is 0 Å². The molecule has 2 heterocycles. The first-order valence-corrected chi connectivity index (χ1v) is 5.72. The molecule has 0 amide bonds. The highest BCUT2D eigenvalue weighted by molar-refractivity contribution is 5.93. The lowest BCUT2D eigenvalue weighted by Crippen LogP contribution is -2.10. The zero-order valence-electron chi connectivity index (χ0n) is 10.7. The van der Waals surface area contributed by atoms with Crippen molar-refractivity contribution < 1.29 is 9.53 Å². The summed E-state index contributed by atoms with van der Waals surface area (Å²) in [5.74, 6) is 0.475. The van der Waals surface area contributed by atoms with E-state index in [-0.39, 0.29) is 5.97 Å². The average Bonchev–Trinajstić information content (AvgIpc) is 2.37. The van der Waals surface area contributed by atoms with Gasteiger partial charge >= 0.3 is 5.97 Å². The molecule has 18 heavy (non-hydrogen) atoms. The molecule has 0 saturated carbocycles. The van der Waals surface area contributed by atoms with E-state index in [4.69, 9.17) is 4.74 Å². The molecule has 0 unspecified atom stereocenters. The maximum absolute atomic E-state index is 11.6. The molecule has 0 aliphatic rings.